The predicted octanol–water partition coefficient (Wildman–Crippen LogP) is 2.79. The second kappa shape index (κ2) is 10.8. The lowest BCUT2D eigenvalue weighted by molar-refractivity contribution is -0.109. The number of carbonyl (C=O) groups is 1. The molecule has 2 N–H and O–H groups in total. The number of rotatable bonds is 10. The maximum absolute atomic E-state index is 14.2. The summed E-state index contributed by atoms with van der Waals surface area (Å²) < 4.78 is 67.1. The summed E-state index contributed by atoms with van der Waals surface area (Å²) in [6.07, 6.45) is 6.52. The molecule has 184 valence electrons. The molecule has 0 radical (unpaired) electrons. The first-order valence-corrected chi connectivity index (χ1v) is 13.3. The molecule has 3 aliphatic rings. The van der Waals surface area contributed by atoms with Gasteiger partial charge in [-0.15, -0.1) is 0 Å². The van der Waals surface area contributed by atoms with Crippen LogP contribution < -0.4 is 14.8 Å². The van der Waals surface area contributed by atoms with E-state index in [1.165, 1.54) is 6.07 Å². The third kappa shape index (κ3) is 6.29. The van der Waals surface area contributed by atoms with Gasteiger partial charge in [0.25, 0.3) is 0 Å². The zero-order valence-electron chi connectivity index (χ0n) is 18.6. The van der Waals surface area contributed by atoms with E-state index in [1.54, 1.807) is 0 Å². The highest BCUT2D eigenvalue weighted by Crippen LogP contribution is 2.40. The number of ether oxygens (including phenoxy) is 2. The number of nitrogens with one attached hydrogen (secondary N) is 2. The van der Waals surface area contributed by atoms with Gasteiger partial charge in [-0.25, -0.2) is 21.9 Å². The van der Waals surface area contributed by atoms with Gasteiger partial charge < -0.3 is 14.8 Å². The predicted molar refractivity (Wildman–Crippen MR) is 119 cm³/mol. The Hall–Kier alpha value is -1.62. The fourth-order valence-corrected chi connectivity index (χ4v) is 6.54. The summed E-state index contributed by atoms with van der Waals surface area (Å²) >= 11 is 0. The molecule has 2 aliphatic carbocycles. The maximum atomic E-state index is 14.2. The van der Waals surface area contributed by atoms with Crippen LogP contribution in [0.15, 0.2) is 12.1 Å². The Balaban J connectivity index is 1.31. The Morgan fingerprint density at radius 1 is 1.09 bits per heavy atom. The van der Waals surface area contributed by atoms with Gasteiger partial charge in [0.05, 0.1) is 18.0 Å². The van der Waals surface area contributed by atoms with Crippen molar-refractivity contribution < 1.29 is 31.5 Å². The summed E-state index contributed by atoms with van der Waals surface area (Å²) in [5, 5.41) is 3.14. The lowest BCUT2D eigenvalue weighted by atomic mass is 9.82. The fraction of sp³-hybridized carbons (Fsp3) is 0.696. The van der Waals surface area contributed by atoms with Crippen LogP contribution in [0.5, 0.6) is 5.75 Å². The van der Waals surface area contributed by atoms with E-state index in [2.05, 4.69) is 10.0 Å². The Labute approximate surface area is 193 Å². The van der Waals surface area contributed by atoms with Crippen molar-refractivity contribution in [3.63, 3.8) is 0 Å². The molecular weight excluding hydrogens is 454 g/mol. The third-order valence-electron chi connectivity index (χ3n) is 6.82. The molecular formula is C23H32F2N2O5S. The number of hydrogen-bond donors (Lipinski definition) is 2. The van der Waals surface area contributed by atoms with Crippen molar-refractivity contribution in [2.24, 2.45) is 0 Å². The third-order valence-corrected chi connectivity index (χ3v) is 8.80. The smallest absolute Gasteiger partial charge is 0.214 e. The quantitative estimate of drug-likeness (QED) is 0.494. The molecule has 0 spiro atoms. The summed E-state index contributed by atoms with van der Waals surface area (Å²) in [4.78, 5) is 10.6. The first kappa shape index (κ1) is 24.5. The van der Waals surface area contributed by atoms with Crippen LogP contribution in [0.3, 0.4) is 0 Å². The van der Waals surface area contributed by atoms with Crippen molar-refractivity contribution in [2.45, 2.75) is 80.7 Å². The molecule has 1 heterocycles. The summed E-state index contributed by atoms with van der Waals surface area (Å²) in [5.41, 5.74) is 0.455. The number of piperidine rings is 1. The molecule has 0 unspecified atom stereocenters. The SMILES string of the molecule is O=CCOc1c(F)cc(F)cc1C1CCC(OC[C@@H]2NCCC[C@@H]2NS(=O)(=O)C2CC2)CC1. The molecule has 1 saturated heterocycles. The first-order valence-electron chi connectivity index (χ1n) is 11.8. The number of sulfonamides is 1. The molecule has 2 saturated carbocycles. The number of benzene rings is 1. The van der Waals surface area contributed by atoms with Crippen molar-refractivity contribution in [1.29, 1.82) is 0 Å². The Bertz CT molecular complexity index is 933. The molecule has 1 aromatic carbocycles. The molecule has 0 amide bonds. The molecule has 4 rings (SSSR count). The van der Waals surface area contributed by atoms with E-state index in [0.29, 0.717) is 31.3 Å². The minimum absolute atomic E-state index is 0.00316. The Morgan fingerprint density at radius 3 is 2.55 bits per heavy atom. The van der Waals surface area contributed by atoms with Crippen molar-refractivity contribution in [3.8, 4) is 5.75 Å². The van der Waals surface area contributed by atoms with Crippen LogP contribution >= 0.6 is 0 Å². The molecule has 3 fully saturated rings. The van der Waals surface area contributed by atoms with Gasteiger partial charge in [-0.1, -0.05) is 0 Å². The van der Waals surface area contributed by atoms with Crippen molar-refractivity contribution >= 4 is 16.3 Å². The summed E-state index contributed by atoms with van der Waals surface area (Å²) in [5.74, 6) is -1.59. The molecule has 10 heteroatoms. The minimum Gasteiger partial charge on any atom is -0.483 e. The van der Waals surface area contributed by atoms with Gasteiger partial charge in [-0.05, 0) is 69.9 Å². The van der Waals surface area contributed by atoms with E-state index in [9.17, 15) is 22.0 Å². The average molecular weight is 487 g/mol. The second-order valence-corrected chi connectivity index (χ2v) is 11.3. The van der Waals surface area contributed by atoms with E-state index in [-0.39, 0.29) is 41.7 Å². The number of carbonyl (C=O) groups excluding carboxylic acids is 1. The van der Waals surface area contributed by atoms with Gasteiger partial charge >= 0.3 is 0 Å². The van der Waals surface area contributed by atoms with E-state index in [1.807, 2.05) is 0 Å². The molecule has 2 atom stereocenters. The fourth-order valence-electron chi connectivity index (χ4n) is 4.89. The van der Waals surface area contributed by atoms with E-state index < -0.39 is 21.7 Å². The molecule has 1 aromatic rings. The van der Waals surface area contributed by atoms with E-state index in [4.69, 9.17) is 9.47 Å². The van der Waals surface area contributed by atoms with Crippen LogP contribution in [-0.4, -0.2) is 57.9 Å². The van der Waals surface area contributed by atoms with Crippen LogP contribution in [0.25, 0.3) is 0 Å². The number of hydrogen-bond acceptors (Lipinski definition) is 6. The highest BCUT2D eigenvalue weighted by molar-refractivity contribution is 7.90. The van der Waals surface area contributed by atoms with Gasteiger partial charge in [-0.2, -0.15) is 0 Å². The minimum atomic E-state index is -3.26. The van der Waals surface area contributed by atoms with Crippen LogP contribution in [0, 0.1) is 11.6 Å². The maximum Gasteiger partial charge on any atom is 0.214 e. The summed E-state index contributed by atoms with van der Waals surface area (Å²) in [7, 11) is -3.26. The molecule has 7 nitrogen and oxygen atoms in total. The molecule has 0 aromatic heterocycles. The van der Waals surface area contributed by atoms with Gasteiger partial charge in [0.2, 0.25) is 10.0 Å². The van der Waals surface area contributed by atoms with Gasteiger partial charge in [-0.3, -0.25) is 4.79 Å². The van der Waals surface area contributed by atoms with Crippen LogP contribution in [0.2, 0.25) is 0 Å². The molecule has 33 heavy (non-hydrogen) atoms. The molecule has 1 aliphatic heterocycles. The van der Waals surface area contributed by atoms with E-state index in [0.717, 1.165) is 51.1 Å². The number of halogens is 2. The highest BCUT2D eigenvalue weighted by Gasteiger charge is 2.39. The van der Waals surface area contributed by atoms with Gasteiger partial charge in [0, 0.05) is 23.7 Å². The monoisotopic (exact) mass is 486 g/mol. The zero-order valence-corrected chi connectivity index (χ0v) is 19.4. The van der Waals surface area contributed by atoms with Crippen LogP contribution in [0.1, 0.15) is 62.8 Å². The topological polar surface area (TPSA) is 93.7 Å². The van der Waals surface area contributed by atoms with Gasteiger partial charge in [0.15, 0.2) is 17.9 Å². The highest BCUT2D eigenvalue weighted by atomic mass is 32.2. The lowest BCUT2D eigenvalue weighted by Gasteiger charge is -2.35. The second-order valence-electron chi connectivity index (χ2n) is 9.26. The van der Waals surface area contributed by atoms with Crippen LogP contribution in [-0.2, 0) is 19.6 Å². The standard InChI is InChI=1S/C23H32F2N2O5S/c24-16-12-19(23(20(25)13-16)31-11-10-28)15-3-5-17(6-4-15)32-14-22-21(2-1-9-26-22)27-33(29,30)18-7-8-18/h10,12-13,15,17-18,21-22,26-27H,1-9,11,14H2/t15?,17?,21-,22-/m0/s1. The van der Waals surface area contributed by atoms with Crippen molar-refractivity contribution in [3.05, 3.63) is 29.3 Å². The Morgan fingerprint density at radius 2 is 1.85 bits per heavy atom. The summed E-state index contributed by atoms with van der Waals surface area (Å²) in [6.45, 7) is 0.959. The normalized spacial score (nSPS) is 28.4. The van der Waals surface area contributed by atoms with Crippen molar-refractivity contribution in [2.75, 3.05) is 19.8 Å². The molecule has 0 bridgehead atoms. The lowest BCUT2D eigenvalue weighted by Crippen LogP contribution is -2.56. The van der Waals surface area contributed by atoms with Crippen LogP contribution in [0.4, 0.5) is 8.78 Å². The van der Waals surface area contributed by atoms with Crippen molar-refractivity contribution in [1.82, 2.24) is 10.0 Å². The van der Waals surface area contributed by atoms with Gasteiger partial charge in [0.1, 0.15) is 12.4 Å². The van der Waals surface area contributed by atoms with E-state index >= 15 is 0 Å². The largest absolute Gasteiger partial charge is 0.483 e. The first-order chi connectivity index (χ1) is 15.9. The summed E-state index contributed by atoms with van der Waals surface area (Å²) in [6, 6.07) is 1.81. The average Bonchev–Trinajstić information content (AvgIpc) is 3.64. The Kier molecular flexibility index (Phi) is 7.99. The number of aldehydes is 1. The zero-order chi connectivity index (χ0) is 23.4.